The summed E-state index contributed by atoms with van der Waals surface area (Å²) in [4.78, 5) is 46.0. The second-order valence-corrected chi connectivity index (χ2v) is 12.6. The molecule has 0 atom stereocenters. The van der Waals surface area contributed by atoms with Crippen molar-refractivity contribution in [3.8, 4) is 0 Å². The number of para-hydroxylation sites is 1. The van der Waals surface area contributed by atoms with Crippen LogP contribution in [0.4, 0.5) is 5.69 Å². The number of rotatable bonds is 11. The second kappa shape index (κ2) is 14.5. The molecule has 3 aromatic rings. The number of unbranched alkanes of at least 4 members (excludes halogenated alkanes) is 2. The molecule has 2 saturated heterocycles. The first-order chi connectivity index (χ1) is 21.3. The summed E-state index contributed by atoms with van der Waals surface area (Å²) >= 11 is 12.3. The number of hydrogen-bond acceptors (Lipinski definition) is 4. The summed E-state index contributed by atoms with van der Waals surface area (Å²) in [5.74, 6) is -0.297. The van der Waals surface area contributed by atoms with Crippen LogP contribution in [-0.4, -0.2) is 65.9 Å². The molecule has 3 amide bonds. The molecule has 232 valence electrons. The first-order valence-corrected chi connectivity index (χ1v) is 16.3. The van der Waals surface area contributed by atoms with Crippen LogP contribution in [0.15, 0.2) is 72.8 Å². The molecule has 2 fully saturated rings. The van der Waals surface area contributed by atoms with E-state index >= 15 is 0 Å². The van der Waals surface area contributed by atoms with E-state index in [9.17, 15) is 14.4 Å². The largest absolute Gasteiger partial charge is 0.354 e. The number of aryl methyl sites for hydroxylation is 1. The van der Waals surface area contributed by atoms with Gasteiger partial charge in [0.1, 0.15) is 12.1 Å². The number of nitrogens with zero attached hydrogens (tertiary/aromatic N) is 3. The Morgan fingerprint density at radius 2 is 1.64 bits per heavy atom. The van der Waals surface area contributed by atoms with E-state index in [2.05, 4.69) is 29.3 Å². The summed E-state index contributed by atoms with van der Waals surface area (Å²) < 4.78 is 0. The fraction of sp³-hybridized carbons (Fsp3) is 0.400. The third-order valence-corrected chi connectivity index (χ3v) is 9.38. The summed E-state index contributed by atoms with van der Waals surface area (Å²) in [5, 5.41) is 4.05. The minimum Gasteiger partial charge on any atom is -0.354 e. The van der Waals surface area contributed by atoms with E-state index in [1.54, 1.807) is 17.0 Å². The van der Waals surface area contributed by atoms with Crippen LogP contribution in [0, 0.1) is 0 Å². The van der Waals surface area contributed by atoms with Crippen molar-refractivity contribution in [2.45, 2.75) is 57.4 Å². The molecular weight excluding hydrogens is 595 g/mol. The molecule has 2 aliphatic heterocycles. The maximum atomic E-state index is 14.0. The molecule has 2 aliphatic rings. The molecule has 0 aromatic heterocycles. The number of hydrogen-bond donors (Lipinski definition) is 1. The van der Waals surface area contributed by atoms with Crippen molar-refractivity contribution < 1.29 is 14.4 Å². The van der Waals surface area contributed by atoms with Crippen LogP contribution in [-0.2, 0) is 22.4 Å². The van der Waals surface area contributed by atoms with Crippen LogP contribution in [0.2, 0.25) is 10.0 Å². The van der Waals surface area contributed by atoms with E-state index in [4.69, 9.17) is 23.2 Å². The molecule has 0 radical (unpaired) electrons. The van der Waals surface area contributed by atoms with Crippen LogP contribution >= 0.6 is 23.2 Å². The summed E-state index contributed by atoms with van der Waals surface area (Å²) in [6.07, 6.45) is 6.11. The minimum absolute atomic E-state index is 0.00584. The first kappa shape index (κ1) is 31.9. The normalized spacial score (nSPS) is 16.1. The highest BCUT2D eigenvalue weighted by atomic mass is 35.5. The monoisotopic (exact) mass is 634 g/mol. The number of benzene rings is 3. The van der Waals surface area contributed by atoms with Crippen LogP contribution in [0.3, 0.4) is 0 Å². The van der Waals surface area contributed by atoms with Gasteiger partial charge in [-0.1, -0.05) is 79.4 Å². The van der Waals surface area contributed by atoms with Gasteiger partial charge in [0.25, 0.3) is 11.8 Å². The number of likely N-dealkylation sites (tertiary alicyclic amines) is 1. The quantitative estimate of drug-likeness (QED) is 0.249. The number of piperidine rings is 1. The molecule has 7 nitrogen and oxygen atoms in total. The van der Waals surface area contributed by atoms with Gasteiger partial charge in [0.2, 0.25) is 5.91 Å². The average Bonchev–Trinajstić information content (AvgIpc) is 3.29. The lowest BCUT2D eigenvalue weighted by molar-refractivity contribution is -0.137. The zero-order valence-corrected chi connectivity index (χ0v) is 26.7. The maximum absolute atomic E-state index is 14.0. The second-order valence-electron chi connectivity index (χ2n) is 11.7. The van der Waals surface area contributed by atoms with Crippen molar-refractivity contribution in [1.29, 1.82) is 0 Å². The van der Waals surface area contributed by atoms with Crippen molar-refractivity contribution in [2.24, 2.45) is 0 Å². The van der Waals surface area contributed by atoms with Crippen LogP contribution in [0.25, 0.3) is 0 Å². The number of nitrogens with one attached hydrogen (secondary N) is 1. The van der Waals surface area contributed by atoms with E-state index in [0.29, 0.717) is 61.2 Å². The van der Waals surface area contributed by atoms with Gasteiger partial charge in [0.15, 0.2) is 0 Å². The lowest BCUT2D eigenvalue weighted by Gasteiger charge is -2.43. The van der Waals surface area contributed by atoms with Gasteiger partial charge >= 0.3 is 0 Å². The minimum atomic E-state index is -0.807. The Bertz CT molecular complexity index is 1460. The lowest BCUT2D eigenvalue weighted by Crippen LogP contribution is -2.57. The highest BCUT2D eigenvalue weighted by molar-refractivity contribution is 6.35. The third kappa shape index (κ3) is 7.22. The van der Waals surface area contributed by atoms with Gasteiger partial charge in [0, 0.05) is 40.9 Å². The Morgan fingerprint density at radius 3 is 2.32 bits per heavy atom. The predicted octanol–water partition coefficient (Wildman–Crippen LogP) is 6.37. The van der Waals surface area contributed by atoms with Crippen molar-refractivity contribution in [2.75, 3.05) is 37.7 Å². The van der Waals surface area contributed by atoms with E-state index < -0.39 is 5.54 Å². The van der Waals surface area contributed by atoms with Gasteiger partial charge in [-0.2, -0.15) is 0 Å². The van der Waals surface area contributed by atoms with Gasteiger partial charge in [-0.3, -0.25) is 14.4 Å². The number of anilines is 1. The van der Waals surface area contributed by atoms with Gasteiger partial charge < -0.3 is 20.0 Å². The van der Waals surface area contributed by atoms with Gasteiger partial charge in [-0.25, -0.2) is 0 Å². The molecule has 5 rings (SSSR count). The molecule has 0 aliphatic carbocycles. The zero-order valence-electron chi connectivity index (χ0n) is 25.2. The molecule has 1 spiro atoms. The maximum Gasteiger partial charge on any atom is 0.253 e. The predicted molar refractivity (Wildman–Crippen MR) is 176 cm³/mol. The van der Waals surface area contributed by atoms with Crippen LogP contribution in [0.1, 0.15) is 60.5 Å². The van der Waals surface area contributed by atoms with Crippen molar-refractivity contribution in [1.82, 2.24) is 15.1 Å². The lowest BCUT2D eigenvalue weighted by atomic mass is 9.85. The zero-order chi connectivity index (χ0) is 31.1. The summed E-state index contributed by atoms with van der Waals surface area (Å²) in [6.45, 7) is 3.80. The molecule has 2 heterocycles. The molecule has 0 saturated carbocycles. The van der Waals surface area contributed by atoms with Crippen LogP contribution < -0.4 is 10.2 Å². The smallest absolute Gasteiger partial charge is 0.253 e. The standard InChI is InChI=1S/C35H40Cl2N4O3/c1-2-3-5-8-26-11-13-28(14-12-26)33(43)39-21-18-35(19-22-39)34(44)40(25-41(35)30-9-6-4-7-10-30)24-32(42)38-20-17-27-15-16-29(36)23-31(27)37/h4,6-7,9-16,23H,2-3,5,8,17-22,24-25H2,1H3,(H,38,42). The Labute approximate surface area is 270 Å². The topological polar surface area (TPSA) is 73.0 Å². The molecule has 44 heavy (non-hydrogen) atoms. The van der Waals surface area contributed by atoms with Crippen molar-refractivity contribution in [3.63, 3.8) is 0 Å². The summed E-state index contributed by atoms with van der Waals surface area (Å²) in [6, 6.07) is 23.1. The molecule has 9 heteroatoms. The van der Waals surface area contributed by atoms with E-state index in [1.165, 1.54) is 18.4 Å². The molecule has 3 aromatic carbocycles. The number of carbonyl (C=O) groups excluding carboxylic acids is 3. The molecule has 0 bridgehead atoms. The Morgan fingerprint density at radius 1 is 0.909 bits per heavy atom. The van der Waals surface area contributed by atoms with E-state index in [-0.39, 0.29) is 24.3 Å². The third-order valence-electron chi connectivity index (χ3n) is 8.80. The highest BCUT2D eigenvalue weighted by Gasteiger charge is 2.54. The number of carbonyl (C=O) groups is 3. The fourth-order valence-corrected chi connectivity index (χ4v) is 6.77. The first-order valence-electron chi connectivity index (χ1n) is 15.5. The fourth-order valence-electron chi connectivity index (χ4n) is 6.27. The van der Waals surface area contributed by atoms with Gasteiger partial charge in [0.05, 0.1) is 6.67 Å². The van der Waals surface area contributed by atoms with E-state index in [1.807, 2.05) is 53.4 Å². The molecule has 0 unspecified atom stereocenters. The summed E-state index contributed by atoms with van der Waals surface area (Å²) in [5.41, 5.74) is 2.95. The Hall–Kier alpha value is -3.55. The highest BCUT2D eigenvalue weighted by Crippen LogP contribution is 2.39. The Balaban J connectivity index is 1.22. The van der Waals surface area contributed by atoms with Crippen molar-refractivity contribution in [3.05, 3.63) is 99.5 Å². The van der Waals surface area contributed by atoms with Gasteiger partial charge in [-0.15, -0.1) is 0 Å². The average molecular weight is 636 g/mol. The number of halogens is 2. The van der Waals surface area contributed by atoms with Gasteiger partial charge in [-0.05, 0) is 79.6 Å². The SMILES string of the molecule is CCCCCc1ccc(C(=O)N2CCC3(CC2)C(=O)N(CC(=O)NCCc2ccc(Cl)cc2Cl)CN3c2ccccc2)cc1. The molecule has 1 N–H and O–H groups in total. The van der Waals surface area contributed by atoms with E-state index in [0.717, 1.165) is 24.1 Å². The van der Waals surface area contributed by atoms with Crippen molar-refractivity contribution >= 4 is 46.6 Å². The summed E-state index contributed by atoms with van der Waals surface area (Å²) in [7, 11) is 0. The molecular formula is C35H40Cl2N4O3. The number of amides is 3. The Kier molecular flexibility index (Phi) is 10.5. The van der Waals surface area contributed by atoms with Crippen LogP contribution in [0.5, 0.6) is 0 Å².